The van der Waals surface area contributed by atoms with Gasteiger partial charge in [0.15, 0.2) is 0 Å². The Morgan fingerprint density at radius 3 is 2.13 bits per heavy atom. The topological polar surface area (TPSA) is 46.3 Å². The van der Waals surface area contributed by atoms with Crippen molar-refractivity contribution in [2.24, 2.45) is 5.73 Å². The molecule has 0 saturated carbocycles. The largest absolute Gasteiger partial charge is 0.406 e. The molecule has 0 heterocycles. The van der Waals surface area contributed by atoms with Gasteiger partial charge < -0.3 is 10.6 Å². The molecule has 90 valence electrons. The van der Waals surface area contributed by atoms with Gasteiger partial charge in [0.25, 0.3) is 0 Å². The van der Waals surface area contributed by atoms with Crippen molar-refractivity contribution in [3.8, 4) is 0 Å². The predicted molar refractivity (Wildman–Crippen MR) is 51.2 cm³/mol. The lowest BCUT2D eigenvalue weighted by molar-refractivity contribution is -0.165. The van der Waals surface area contributed by atoms with E-state index in [0.29, 0.717) is 6.42 Å². The highest BCUT2D eigenvalue weighted by Gasteiger charge is 2.35. The summed E-state index contributed by atoms with van der Waals surface area (Å²) < 4.78 is 36.5. The summed E-state index contributed by atoms with van der Waals surface area (Å²) >= 11 is 0. The molecule has 1 atom stereocenters. The number of nitrogens with two attached hydrogens (primary N) is 1. The van der Waals surface area contributed by atoms with Crippen LogP contribution in [0.1, 0.15) is 27.2 Å². The molecule has 15 heavy (non-hydrogen) atoms. The second kappa shape index (κ2) is 5.34. The summed E-state index contributed by atoms with van der Waals surface area (Å²) in [5.74, 6) is -0.648. The average Bonchev–Trinajstić information content (AvgIpc) is 2.10. The van der Waals surface area contributed by atoms with Crippen molar-refractivity contribution in [3.05, 3.63) is 0 Å². The first-order valence-electron chi connectivity index (χ1n) is 4.81. The second-order valence-corrected chi connectivity index (χ2v) is 3.69. The lowest BCUT2D eigenvalue weighted by Gasteiger charge is -2.29. The lowest BCUT2D eigenvalue weighted by atomic mass is 10.2. The maximum atomic E-state index is 12.2. The van der Waals surface area contributed by atoms with Crippen LogP contribution < -0.4 is 5.73 Å². The molecular weight excluding hydrogens is 209 g/mol. The molecule has 0 spiro atoms. The highest BCUT2D eigenvalue weighted by atomic mass is 19.4. The average molecular weight is 226 g/mol. The maximum absolute atomic E-state index is 12.2. The van der Waals surface area contributed by atoms with Crippen LogP contribution in [0.4, 0.5) is 13.2 Å². The molecule has 0 aromatic carbocycles. The SMILES string of the molecule is CCC(N)C(=O)N(CC(F)(F)F)C(C)C. The summed E-state index contributed by atoms with van der Waals surface area (Å²) in [7, 11) is 0. The number of hydrogen-bond donors (Lipinski definition) is 1. The van der Waals surface area contributed by atoms with Gasteiger partial charge >= 0.3 is 6.18 Å². The van der Waals surface area contributed by atoms with Gasteiger partial charge in [-0.1, -0.05) is 6.92 Å². The van der Waals surface area contributed by atoms with Gasteiger partial charge in [-0.2, -0.15) is 13.2 Å². The molecule has 0 aliphatic heterocycles. The van der Waals surface area contributed by atoms with E-state index in [1.807, 2.05) is 0 Å². The minimum Gasteiger partial charge on any atom is -0.330 e. The second-order valence-electron chi connectivity index (χ2n) is 3.69. The van der Waals surface area contributed by atoms with Crippen LogP contribution >= 0.6 is 0 Å². The van der Waals surface area contributed by atoms with Crippen molar-refractivity contribution in [2.75, 3.05) is 6.54 Å². The van der Waals surface area contributed by atoms with Gasteiger partial charge in [-0.25, -0.2) is 0 Å². The Labute approximate surface area is 87.4 Å². The summed E-state index contributed by atoms with van der Waals surface area (Å²) in [5, 5.41) is 0. The van der Waals surface area contributed by atoms with Crippen molar-refractivity contribution >= 4 is 5.91 Å². The molecular formula is C9H17F3N2O. The van der Waals surface area contributed by atoms with Crippen molar-refractivity contribution in [1.82, 2.24) is 4.90 Å². The monoisotopic (exact) mass is 226 g/mol. The van der Waals surface area contributed by atoms with E-state index in [-0.39, 0.29) is 0 Å². The highest BCUT2D eigenvalue weighted by molar-refractivity contribution is 5.81. The van der Waals surface area contributed by atoms with Crippen molar-refractivity contribution < 1.29 is 18.0 Å². The fourth-order valence-electron chi connectivity index (χ4n) is 1.10. The molecule has 0 aromatic heterocycles. The molecule has 0 bridgehead atoms. The van der Waals surface area contributed by atoms with Gasteiger partial charge in [0.2, 0.25) is 5.91 Å². The van der Waals surface area contributed by atoms with Gasteiger partial charge in [0, 0.05) is 6.04 Å². The Morgan fingerprint density at radius 1 is 1.40 bits per heavy atom. The molecule has 0 saturated heterocycles. The molecule has 0 aliphatic carbocycles. The highest BCUT2D eigenvalue weighted by Crippen LogP contribution is 2.18. The molecule has 6 heteroatoms. The molecule has 0 aromatic rings. The van der Waals surface area contributed by atoms with Crippen LogP contribution in [0.2, 0.25) is 0 Å². The first kappa shape index (κ1) is 14.2. The predicted octanol–water partition coefficient (Wildman–Crippen LogP) is 1.52. The van der Waals surface area contributed by atoms with Gasteiger partial charge in [-0.05, 0) is 20.3 Å². The number of halogens is 3. The zero-order valence-corrected chi connectivity index (χ0v) is 9.14. The van der Waals surface area contributed by atoms with Gasteiger partial charge in [-0.15, -0.1) is 0 Å². The third kappa shape index (κ3) is 5.01. The van der Waals surface area contributed by atoms with Crippen molar-refractivity contribution in [3.63, 3.8) is 0 Å². The fraction of sp³-hybridized carbons (Fsp3) is 0.889. The van der Waals surface area contributed by atoms with Crippen LogP contribution in [0.25, 0.3) is 0 Å². The quantitative estimate of drug-likeness (QED) is 0.790. The summed E-state index contributed by atoms with van der Waals surface area (Å²) in [6.07, 6.45) is -4.05. The summed E-state index contributed by atoms with van der Waals surface area (Å²) in [4.78, 5) is 12.3. The van der Waals surface area contributed by atoms with Crippen molar-refractivity contribution in [2.45, 2.75) is 45.5 Å². The van der Waals surface area contributed by atoms with Crippen LogP contribution in [0.5, 0.6) is 0 Å². The van der Waals surface area contributed by atoms with E-state index in [1.165, 1.54) is 13.8 Å². The number of amides is 1. The summed E-state index contributed by atoms with van der Waals surface area (Å²) in [5.41, 5.74) is 5.42. The number of nitrogens with zero attached hydrogens (tertiary/aromatic N) is 1. The molecule has 0 rings (SSSR count). The van der Waals surface area contributed by atoms with E-state index in [0.717, 1.165) is 4.90 Å². The number of hydrogen-bond acceptors (Lipinski definition) is 2. The number of rotatable bonds is 4. The number of carbonyl (C=O) groups is 1. The smallest absolute Gasteiger partial charge is 0.330 e. The lowest BCUT2D eigenvalue weighted by Crippen LogP contribution is -2.50. The Kier molecular flexibility index (Phi) is 5.07. The minimum absolute atomic E-state index is 0.333. The molecule has 3 nitrogen and oxygen atoms in total. The fourth-order valence-corrected chi connectivity index (χ4v) is 1.10. The minimum atomic E-state index is -4.38. The normalized spacial score (nSPS) is 14.1. The van der Waals surface area contributed by atoms with Crippen LogP contribution in [0.15, 0.2) is 0 Å². The van der Waals surface area contributed by atoms with Gasteiger partial charge in [0.1, 0.15) is 6.54 Å². The summed E-state index contributed by atoms with van der Waals surface area (Å²) in [6.45, 7) is 3.49. The van der Waals surface area contributed by atoms with Crippen molar-refractivity contribution in [1.29, 1.82) is 0 Å². The number of alkyl halides is 3. The Hall–Kier alpha value is -0.780. The molecule has 1 unspecified atom stereocenters. The van der Waals surface area contributed by atoms with E-state index in [2.05, 4.69) is 0 Å². The zero-order chi connectivity index (χ0) is 12.2. The van der Waals surface area contributed by atoms with Gasteiger partial charge in [0.05, 0.1) is 6.04 Å². The first-order valence-corrected chi connectivity index (χ1v) is 4.81. The third-order valence-corrected chi connectivity index (χ3v) is 2.01. The Balaban J connectivity index is 4.60. The molecule has 2 N–H and O–H groups in total. The van der Waals surface area contributed by atoms with Gasteiger partial charge in [-0.3, -0.25) is 4.79 Å². The molecule has 1 amide bonds. The zero-order valence-electron chi connectivity index (χ0n) is 9.14. The summed E-state index contributed by atoms with van der Waals surface area (Å²) in [6, 6.07) is -1.36. The van der Waals surface area contributed by atoms with E-state index in [9.17, 15) is 18.0 Å². The Morgan fingerprint density at radius 2 is 1.87 bits per heavy atom. The van der Waals surface area contributed by atoms with E-state index >= 15 is 0 Å². The first-order chi connectivity index (χ1) is 6.69. The molecule has 0 fully saturated rings. The van der Waals surface area contributed by atoms with E-state index in [4.69, 9.17) is 5.73 Å². The van der Waals surface area contributed by atoms with E-state index < -0.39 is 30.7 Å². The Bertz CT molecular complexity index is 216. The third-order valence-electron chi connectivity index (χ3n) is 2.01. The maximum Gasteiger partial charge on any atom is 0.406 e. The van der Waals surface area contributed by atoms with Crippen LogP contribution in [0, 0.1) is 0 Å². The standard InChI is InChI=1S/C9H17F3N2O/c1-4-7(13)8(15)14(6(2)3)5-9(10,11)12/h6-7H,4-5,13H2,1-3H3. The number of carbonyl (C=O) groups excluding carboxylic acids is 1. The van der Waals surface area contributed by atoms with Crippen LogP contribution in [0.3, 0.4) is 0 Å². The van der Waals surface area contributed by atoms with Crippen LogP contribution in [-0.4, -0.2) is 35.6 Å². The molecule has 0 radical (unpaired) electrons. The van der Waals surface area contributed by atoms with E-state index in [1.54, 1.807) is 6.92 Å². The molecule has 0 aliphatic rings. The van der Waals surface area contributed by atoms with Crippen LogP contribution in [-0.2, 0) is 4.79 Å².